The zero-order valence-corrected chi connectivity index (χ0v) is 16.0. The third-order valence-electron chi connectivity index (χ3n) is 4.23. The van der Waals surface area contributed by atoms with Crippen LogP contribution in [0.1, 0.15) is 16.0 Å². The van der Waals surface area contributed by atoms with Gasteiger partial charge in [-0.1, -0.05) is 30.3 Å². The summed E-state index contributed by atoms with van der Waals surface area (Å²) in [5.41, 5.74) is 2.46. The van der Waals surface area contributed by atoms with E-state index in [0.29, 0.717) is 22.2 Å². The molecule has 1 aliphatic rings. The van der Waals surface area contributed by atoms with Crippen LogP contribution in [0.4, 0.5) is 5.13 Å². The van der Waals surface area contributed by atoms with Crippen molar-refractivity contribution in [2.75, 3.05) is 12.4 Å². The van der Waals surface area contributed by atoms with E-state index < -0.39 is 0 Å². The summed E-state index contributed by atoms with van der Waals surface area (Å²) >= 11 is 1.47. The van der Waals surface area contributed by atoms with Crippen molar-refractivity contribution in [3.8, 4) is 11.5 Å². The number of carbonyl (C=O) groups is 1. The van der Waals surface area contributed by atoms with Crippen molar-refractivity contribution >= 4 is 28.5 Å². The van der Waals surface area contributed by atoms with Crippen LogP contribution in [0.25, 0.3) is 6.08 Å². The molecule has 0 fully saturated rings. The van der Waals surface area contributed by atoms with Crippen LogP contribution in [0.3, 0.4) is 0 Å². The fourth-order valence-corrected chi connectivity index (χ4v) is 3.67. The van der Waals surface area contributed by atoms with E-state index in [1.54, 1.807) is 25.5 Å². The average molecular weight is 390 g/mol. The first kappa shape index (κ1) is 18.0. The highest BCUT2D eigenvalue weighted by atomic mass is 32.1. The second kappa shape index (κ2) is 8.10. The molecule has 1 N–H and O–H groups in total. The van der Waals surface area contributed by atoms with Crippen LogP contribution >= 0.6 is 11.3 Å². The minimum absolute atomic E-state index is 0.240. The van der Waals surface area contributed by atoms with Crippen LogP contribution < -0.4 is 14.8 Å². The summed E-state index contributed by atoms with van der Waals surface area (Å²) in [5, 5.41) is 3.44. The second-order valence-electron chi connectivity index (χ2n) is 6.17. The predicted molar refractivity (Wildman–Crippen MR) is 111 cm³/mol. The molecule has 2 aromatic carbocycles. The van der Waals surface area contributed by atoms with E-state index in [1.165, 1.54) is 23.2 Å². The minimum Gasteiger partial charge on any atom is -0.497 e. The van der Waals surface area contributed by atoms with Gasteiger partial charge in [0, 0.05) is 28.6 Å². The molecule has 0 spiro atoms. The highest BCUT2D eigenvalue weighted by Crippen LogP contribution is 2.29. The molecule has 1 aliphatic heterocycles. The lowest BCUT2D eigenvalue weighted by atomic mass is 10.1. The summed E-state index contributed by atoms with van der Waals surface area (Å²) in [6, 6.07) is 15.6. The summed E-state index contributed by atoms with van der Waals surface area (Å²) in [7, 11) is 1.60. The Kier molecular flexibility index (Phi) is 5.21. The number of nitrogens with zero attached hydrogens (tertiary/aromatic N) is 1. The lowest BCUT2D eigenvalue weighted by Gasteiger charge is -2.06. The van der Waals surface area contributed by atoms with Gasteiger partial charge in [-0.3, -0.25) is 10.1 Å². The van der Waals surface area contributed by atoms with Gasteiger partial charge in [0.05, 0.1) is 13.4 Å². The number of anilines is 1. The third-order valence-corrected chi connectivity index (χ3v) is 5.14. The first-order chi connectivity index (χ1) is 13.7. The van der Waals surface area contributed by atoms with E-state index in [2.05, 4.69) is 22.4 Å². The Bertz CT molecular complexity index is 1050. The molecule has 0 atom stereocenters. The van der Waals surface area contributed by atoms with Crippen molar-refractivity contribution < 1.29 is 14.3 Å². The molecule has 0 bridgehead atoms. The van der Waals surface area contributed by atoms with Crippen molar-refractivity contribution in [2.24, 2.45) is 0 Å². The molecule has 6 heteroatoms. The van der Waals surface area contributed by atoms with Crippen molar-refractivity contribution in [3.05, 3.63) is 88.6 Å². The van der Waals surface area contributed by atoms with Crippen LogP contribution in [-0.2, 0) is 11.2 Å². The second-order valence-corrected chi connectivity index (χ2v) is 7.29. The van der Waals surface area contributed by atoms with E-state index in [9.17, 15) is 4.79 Å². The topological polar surface area (TPSA) is 60.5 Å². The minimum atomic E-state index is -0.240. The molecule has 0 aliphatic carbocycles. The number of carbonyl (C=O) groups excluding carboxylic acids is 1. The van der Waals surface area contributed by atoms with Crippen LogP contribution in [0.5, 0.6) is 11.5 Å². The smallest absolute Gasteiger partial charge is 0.257 e. The number of benzene rings is 2. The van der Waals surface area contributed by atoms with E-state index in [0.717, 1.165) is 16.9 Å². The van der Waals surface area contributed by atoms with Gasteiger partial charge in [0.15, 0.2) is 5.13 Å². The largest absolute Gasteiger partial charge is 0.497 e. The van der Waals surface area contributed by atoms with Gasteiger partial charge in [-0.2, -0.15) is 0 Å². The molecule has 2 heterocycles. The van der Waals surface area contributed by atoms with Gasteiger partial charge >= 0.3 is 0 Å². The average Bonchev–Trinajstić information content (AvgIpc) is 3.03. The number of fused-ring (bicyclic) bond motifs is 1. The van der Waals surface area contributed by atoms with Gasteiger partial charge < -0.3 is 9.47 Å². The molecular weight excluding hydrogens is 372 g/mol. The third kappa shape index (κ3) is 4.13. The van der Waals surface area contributed by atoms with E-state index in [-0.39, 0.29) is 5.91 Å². The molecule has 140 valence electrons. The Morgan fingerprint density at radius 1 is 1.21 bits per heavy atom. The lowest BCUT2D eigenvalue weighted by Crippen LogP contribution is -2.12. The van der Waals surface area contributed by atoms with Gasteiger partial charge in [-0.25, -0.2) is 4.98 Å². The summed E-state index contributed by atoms with van der Waals surface area (Å²) < 4.78 is 10.8. The van der Waals surface area contributed by atoms with Gasteiger partial charge in [-0.05, 0) is 35.9 Å². The maximum Gasteiger partial charge on any atom is 0.257 e. The number of ether oxygens (including phenoxy) is 2. The lowest BCUT2D eigenvalue weighted by molar-refractivity contribution is -0.112. The zero-order chi connectivity index (χ0) is 19.3. The van der Waals surface area contributed by atoms with Crippen molar-refractivity contribution in [3.63, 3.8) is 0 Å². The van der Waals surface area contributed by atoms with E-state index in [4.69, 9.17) is 9.47 Å². The van der Waals surface area contributed by atoms with E-state index >= 15 is 0 Å². The molecular formula is C22H18N2O3S. The SMILES string of the molecule is COc1ccc2c(c1)C=C(C(=O)Nc1ncc(Cc3ccccc3)s1)C=CO2. The molecule has 1 amide bonds. The van der Waals surface area contributed by atoms with Crippen LogP contribution in [0, 0.1) is 0 Å². The Morgan fingerprint density at radius 3 is 2.89 bits per heavy atom. The Labute approximate surface area is 167 Å². The Balaban J connectivity index is 1.49. The Hall–Kier alpha value is -3.38. The number of rotatable bonds is 5. The summed E-state index contributed by atoms with van der Waals surface area (Å²) in [4.78, 5) is 18.1. The van der Waals surface area contributed by atoms with E-state index in [1.807, 2.05) is 36.4 Å². The van der Waals surface area contributed by atoms with Crippen LogP contribution in [0.15, 0.2) is 72.6 Å². The highest BCUT2D eigenvalue weighted by molar-refractivity contribution is 7.15. The number of nitrogens with one attached hydrogen (secondary N) is 1. The monoisotopic (exact) mass is 390 g/mol. The number of methoxy groups -OCH3 is 1. The maximum absolute atomic E-state index is 12.7. The predicted octanol–water partition coefficient (Wildman–Crippen LogP) is 4.67. The number of amides is 1. The summed E-state index contributed by atoms with van der Waals surface area (Å²) in [5.74, 6) is 1.13. The number of aromatic nitrogens is 1. The molecule has 4 rings (SSSR count). The highest BCUT2D eigenvalue weighted by Gasteiger charge is 2.14. The number of thiazole rings is 1. The first-order valence-corrected chi connectivity index (χ1v) is 9.56. The molecule has 0 saturated carbocycles. The van der Waals surface area contributed by atoms with Gasteiger partial charge in [-0.15, -0.1) is 11.3 Å². The molecule has 3 aromatic rings. The fourth-order valence-electron chi connectivity index (χ4n) is 2.82. The van der Waals surface area contributed by atoms with Crippen LogP contribution in [0.2, 0.25) is 0 Å². The molecule has 5 nitrogen and oxygen atoms in total. The van der Waals surface area contributed by atoms with Gasteiger partial charge in [0.25, 0.3) is 5.91 Å². The standard InChI is InChI=1S/C22H18N2O3S/c1-26-18-7-8-20-17(13-18)12-16(9-10-27-20)21(25)24-22-23-14-19(28-22)11-15-5-3-2-4-6-15/h2-10,12-14H,11H2,1H3,(H,23,24,25). The molecule has 0 saturated heterocycles. The van der Waals surface area contributed by atoms with Crippen molar-refractivity contribution in [1.82, 2.24) is 4.98 Å². The maximum atomic E-state index is 12.7. The normalized spacial score (nSPS) is 12.4. The quantitative estimate of drug-likeness (QED) is 0.688. The Morgan fingerprint density at radius 2 is 2.07 bits per heavy atom. The van der Waals surface area contributed by atoms with Gasteiger partial charge in [0.1, 0.15) is 11.5 Å². The number of hydrogen-bond acceptors (Lipinski definition) is 5. The molecule has 28 heavy (non-hydrogen) atoms. The fraction of sp³-hybridized carbons (Fsp3) is 0.0909. The molecule has 1 aromatic heterocycles. The summed E-state index contributed by atoms with van der Waals surface area (Å²) in [6.07, 6.45) is 7.51. The van der Waals surface area contributed by atoms with Crippen molar-refractivity contribution in [1.29, 1.82) is 0 Å². The van der Waals surface area contributed by atoms with Crippen LogP contribution in [-0.4, -0.2) is 18.0 Å². The van der Waals surface area contributed by atoms with Crippen molar-refractivity contribution in [2.45, 2.75) is 6.42 Å². The summed E-state index contributed by atoms with van der Waals surface area (Å²) in [6.45, 7) is 0. The first-order valence-electron chi connectivity index (χ1n) is 8.74. The number of hydrogen-bond donors (Lipinski definition) is 1. The van der Waals surface area contributed by atoms with Gasteiger partial charge in [0.2, 0.25) is 0 Å². The molecule has 0 radical (unpaired) electrons. The molecule has 0 unspecified atom stereocenters. The zero-order valence-electron chi connectivity index (χ0n) is 15.2.